The number of amides is 1. The van der Waals surface area contributed by atoms with Gasteiger partial charge < -0.3 is 4.74 Å². The zero-order chi connectivity index (χ0) is 24.0. The van der Waals surface area contributed by atoms with Crippen LogP contribution >= 0.6 is 11.3 Å². The van der Waals surface area contributed by atoms with E-state index < -0.39 is 0 Å². The lowest BCUT2D eigenvalue weighted by atomic mass is 9.48. The normalized spacial score (nSPS) is 26.6. The molecule has 0 radical (unpaired) electrons. The molecule has 7 rings (SSSR count). The first kappa shape index (κ1) is 22.5. The number of nitrogens with zero attached hydrogens (tertiary/aromatic N) is 3. The van der Waals surface area contributed by atoms with Crippen molar-refractivity contribution in [3.05, 3.63) is 58.9 Å². The summed E-state index contributed by atoms with van der Waals surface area (Å²) in [5.41, 5.74) is 3.12. The van der Waals surface area contributed by atoms with Crippen LogP contribution in [-0.2, 0) is 21.4 Å². The number of hydrogen-bond acceptors (Lipinski definition) is 6. The van der Waals surface area contributed by atoms with E-state index in [-0.39, 0.29) is 23.7 Å². The fraction of sp³-hybridized carbons (Fsp3) is 0.481. The van der Waals surface area contributed by atoms with Gasteiger partial charge >= 0.3 is 5.97 Å². The van der Waals surface area contributed by atoms with Crippen LogP contribution in [0.25, 0.3) is 5.69 Å². The molecule has 1 N–H and O–H groups in total. The van der Waals surface area contributed by atoms with E-state index in [0.717, 1.165) is 48.4 Å². The van der Waals surface area contributed by atoms with Gasteiger partial charge in [0, 0.05) is 17.0 Å². The van der Waals surface area contributed by atoms with Gasteiger partial charge in [-0.25, -0.2) is 9.67 Å². The minimum absolute atomic E-state index is 0.0145. The van der Waals surface area contributed by atoms with Crippen molar-refractivity contribution in [3.63, 3.8) is 0 Å². The summed E-state index contributed by atoms with van der Waals surface area (Å²) in [6.45, 7) is 2.12. The van der Waals surface area contributed by atoms with Crippen molar-refractivity contribution in [1.29, 1.82) is 0 Å². The molecule has 0 atom stereocenters. The molecular formula is C27H30N4O3S. The number of carbonyl (C=O) groups is 2. The molecule has 3 aromatic rings. The van der Waals surface area contributed by atoms with Crippen molar-refractivity contribution in [2.45, 2.75) is 57.3 Å². The molecule has 2 heterocycles. The first-order chi connectivity index (χ1) is 17.0. The molecule has 1 aromatic carbocycles. The number of ether oxygens (including phenoxy) is 1. The first-order valence-electron chi connectivity index (χ1n) is 12.6. The largest absolute Gasteiger partial charge is 0.466 e. The van der Waals surface area contributed by atoms with Gasteiger partial charge in [0.15, 0.2) is 5.13 Å². The molecule has 8 heteroatoms. The first-order valence-corrected chi connectivity index (χ1v) is 13.5. The molecule has 4 aliphatic rings. The Morgan fingerprint density at radius 3 is 2.46 bits per heavy atom. The molecule has 4 saturated carbocycles. The standard InChI is InChI=1S/C27H30N4O3S/c1-2-34-23(32)11-20-16-35-26(28-20)29-25(33)22-15-31(21-6-4-3-5-7-21)30-24(22)27-12-17-8-18(13-27)10-19(9-17)14-27/h3-7,15-19H,2,8-14H2,1H3,(H,28,29,33). The average molecular weight is 491 g/mol. The lowest BCUT2D eigenvalue weighted by Gasteiger charge is -2.56. The quantitative estimate of drug-likeness (QED) is 0.463. The maximum absolute atomic E-state index is 13.6. The van der Waals surface area contributed by atoms with Gasteiger partial charge in [0.05, 0.1) is 35.7 Å². The summed E-state index contributed by atoms with van der Waals surface area (Å²) in [5, 5.41) is 10.3. The number of benzene rings is 1. The van der Waals surface area contributed by atoms with E-state index in [1.54, 1.807) is 12.3 Å². The number of para-hydroxylation sites is 1. The molecule has 4 bridgehead atoms. The summed E-state index contributed by atoms with van der Waals surface area (Å²) in [4.78, 5) is 29.9. The van der Waals surface area contributed by atoms with E-state index in [2.05, 4.69) is 10.3 Å². The van der Waals surface area contributed by atoms with Crippen LogP contribution in [0.15, 0.2) is 41.9 Å². The van der Waals surface area contributed by atoms with E-state index in [1.165, 1.54) is 30.6 Å². The molecule has 182 valence electrons. The van der Waals surface area contributed by atoms with Gasteiger partial charge in [-0.3, -0.25) is 14.9 Å². The molecule has 35 heavy (non-hydrogen) atoms. The van der Waals surface area contributed by atoms with Crippen molar-refractivity contribution in [2.24, 2.45) is 17.8 Å². The zero-order valence-electron chi connectivity index (χ0n) is 19.9. The Morgan fingerprint density at radius 1 is 1.11 bits per heavy atom. The van der Waals surface area contributed by atoms with Crippen LogP contribution in [0.3, 0.4) is 0 Å². The molecule has 2 aromatic heterocycles. The van der Waals surface area contributed by atoms with Gasteiger partial charge in [0.25, 0.3) is 5.91 Å². The Kier molecular flexibility index (Phi) is 5.71. The van der Waals surface area contributed by atoms with Gasteiger partial charge in [0.1, 0.15) is 0 Å². The summed E-state index contributed by atoms with van der Waals surface area (Å²) in [5.74, 6) is 1.76. The number of thiazole rings is 1. The van der Waals surface area contributed by atoms with E-state index in [9.17, 15) is 9.59 Å². The Labute approximate surface area is 208 Å². The van der Waals surface area contributed by atoms with Crippen molar-refractivity contribution in [3.8, 4) is 5.69 Å². The third-order valence-electron chi connectivity index (χ3n) is 7.92. The highest BCUT2D eigenvalue weighted by Crippen LogP contribution is 2.60. The number of rotatable bonds is 7. The zero-order valence-corrected chi connectivity index (χ0v) is 20.7. The van der Waals surface area contributed by atoms with E-state index in [4.69, 9.17) is 9.84 Å². The molecule has 1 amide bonds. The minimum Gasteiger partial charge on any atom is -0.466 e. The van der Waals surface area contributed by atoms with Gasteiger partial charge in [0.2, 0.25) is 0 Å². The summed E-state index contributed by atoms with van der Waals surface area (Å²) >= 11 is 1.32. The molecule has 0 unspecified atom stereocenters. The van der Waals surface area contributed by atoms with E-state index >= 15 is 0 Å². The summed E-state index contributed by atoms with van der Waals surface area (Å²) in [6, 6.07) is 9.99. The van der Waals surface area contributed by atoms with Gasteiger partial charge in [-0.2, -0.15) is 5.10 Å². The third-order valence-corrected chi connectivity index (χ3v) is 8.73. The second-order valence-electron chi connectivity index (χ2n) is 10.4. The predicted octanol–water partition coefficient (Wildman–Crippen LogP) is 5.15. The monoisotopic (exact) mass is 490 g/mol. The number of nitrogens with one attached hydrogen (secondary N) is 1. The second kappa shape index (κ2) is 8.90. The van der Waals surface area contributed by atoms with Crippen LogP contribution < -0.4 is 5.32 Å². The predicted molar refractivity (Wildman–Crippen MR) is 134 cm³/mol. The van der Waals surface area contributed by atoms with Crippen LogP contribution in [0.1, 0.15) is 67.2 Å². The fourth-order valence-corrected chi connectivity index (χ4v) is 7.72. The molecule has 7 nitrogen and oxygen atoms in total. The Hall–Kier alpha value is -3.00. The van der Waals surface area contributed by atoms with E-state index in [1.807, 2.05) is 41.2 Å². The Balaban J connectivity index is 1.31. The fourth-order valence-electron chi connectivity index (χ4n) is 7.02. The highest BCUT2D eigenvalue weighted by atomic mass is 32.1. The third kappa shape index (κ3) is 4.29. The van der Waals surface area contributed by atoms with Crippen LogP contribution in [0.4, 0.5) is 5.13 Å². The maximum atomic E-state index is 13.6. The molecule has 4 fully saturated rings. The summed E-state index contributed by atoms with van der Waals surface area (Å²) < 4.78 is 6.87. The van der Waals surface area contributed by atoms with Crippen molar-refractivity contribution in [2.75, 3.05) is 11.9 Å². The summed E-state index contributed by atoms with van der Waals surface area (Å²) in [6.07, 6.45) is 9.38. The second-order valence-corrected chi connectivity index (χ2v) is 11.3. The van der Waals surface area contributed by atoms with Crippen LogP contribution in [-0.4, -0.2) is 33.2 Å². The number of hydrogen-bond donors (Lipinski definition) is 1. The minimum atomic E-state index is -0.316. The molecule has 4 aliphatic carbocycles. The Morgan fingerprint density at radius 2 is 1.80 bits per heavy atom. The highest BCUT2D eigenvalue weighted by Gasteiger charge is 2.54. The molecular weight excluding hydrogens is 460 g/mol. The van der Waals surface area contributed by atoms with Crippen LogP contribution in [0.2, 0.25) is 0 Å². The van der Waals surface area contributed by atoms with E-state index in [0.29, 0.717) is 23.0 Å². The maximum Gasteiger partial charge on any atom is 0.311 e. The number of carbonyl (C=O) groups excluding carboxylic acids is 2. The van der Waals surface area contributed by atoms with Gasteiger partial charge in [-0.05, 0) is 75.3 Å². The number of aromatic nitrogens is 3. The van der Waals surface area contributed by atoms with Gasteiger partial charge in [-0.1, -0.05) is 18.2 Å². The molecule has 0 aliphatic heterocycles. The Bertz CT molecular complexity index is 1210. The number of esters is 1. The topological polar surface area (TPSA) is 86.1 Å². The SMILES string of the molecule is CCOC(=O)Cc1csc(NC(=O)c2cn(-c3ccccc3)nc2C23CC4CC(CC(C4)C2)C3)n1. The van der Waals surface area contributed by atoms with Crippen molar-refractivity contribution < 1.29 is 14.3 Å². The highest BCUT2D eigenvalue weighted by molar-refractivity contribution is 7.14. The summed E-state index contributed by atoms with van der Waals surface area (Å²) in [7, 11) is 0. The molecule has 0 spiro atoms. The lowest BCUT2D eigenvalue weighted by Crippen LogP contribution is -2.49. The average Bonchev–Trinajstić information content (AvgIpc) is 3.47. The van der Waals surface area contributed by atoms with Crippen molar-refractivity contribution in [1.82, 2.24) is 14.8 Å². The van der Waals surface area contributed by atoms with Crippen LogP contribution in [0.5, 0.6) is 0 Å². The smallest absolute Gasteiger partial charge is 0.311 e. The number of anilines is 1. The van der Waals surface area contributed by atoms with Crippen LogP contribution in [0, 0.1) is 17.8 Å². The van der Waals surface area contributed by atoms with Crippen molar-refractivity contribution >= 4 is 28.3 Å². The lowest BCUT2D eigenvalue weighted by molar-refractivity contribution is -0.142. The molecule has 0 saturated heterocycles. The van der Waals surface area contributed by atoms with Gasteiger partial charge in [-0.15, -0.1) is 11.3 Å².